The predicted molar refractivity (Wildman–Crippen MR) is 84.7 cm³/mol. The van der Waals surface area contributed by atoms with Gasteiger partial charge in [0.05, 0.1) is 18.5 Å². The zero-order valence-corrected chi connectivity index (χ0v) is 13.8. The number of aryl methyl sites for hydroxylation is 1. The molecule has 21 heavy (non-hydrogen) atoms. The van der Waals surface area contributed by atoms with Gasteiger partial charge in [0.25, 0.3) is 0 Å². The lowest BCUT2D eigenvalue weighted by Gasteiger charge is -2.39. The van der Waals surface area contributed by atoms with E-state index in [4.69, 9.17) is 9.72 Å². The monoisotopic (exact) mass is 350 g/mol. The normalized spacial score (nSPS) is 21.5. The molecule has 2 saturated heterocycles. The highest BCUT2D eigenvalue weighted by Gasteiger charge is 2.38. The van der Waals surface area contributed by atoms with E-state index in [0.717, 1.165) is 47.9 Å². The number of ether oxygens (including phenoxy) is 1. The third-order valence-corrected chi connectivity index (χ3v) is 5.85. The van der Waals surface area contributed by atoms with Gasteiger partial charge in [-0.15, -0.1) is 0 Å². The minimum Gasteiger partial charge on any atom is -0.381 e. The summed E-state index contributed by atoms with van der Waals surface area (Å²) in [5.74, 6) is 1.06. The summed E-state index contributed by atoms with van der Waals surface area (Å²) in [5, 5.41) is 4.39. The van der Waals surface area contributed by atoms with E-state index in [1.807, 2.05) is 23.7 Å². The highest BCUT2D eigenvalue weighted by Crippen LogP contribution is 2.40. The highest BCUT2D eigenvalue weighted by molar-refractivity contribution is 9.10. The standard InChI is InChI=1S/C15H19BrN4O/c1-11-13(16)20-12(2-6-17-20)14(18-11)19-7-3-15(4-8-19)5-9-21-10-15/h2,6H,3-5,7-10H2,1H3. The molecule has 2 aliphatic heterocycles. The average Bonchev–Trinajstić information content (AvgIpc) is 3.14. The first-order chi connectivity index (χ1) is 10.2. The molecule has 4 heterocycles. The largest absolute Gasteiger partial charge is 0.381 e. The Hall–Kier alpha value is -1.14. The Bertz CT molecular complexity index is 668. The molecule has 5 nitrogen and oxygen atoms in total. The van der Waals surface area contributed by atoms with E-state index in [0.29, 0.717) is 5.41 Å². The number of nitrogens with zero attached hydrogens (tertiary/aromatic N) is 4. The molecule has 2 aromatic rings. The van der Waals surface area contributed by atoms with Crippen molar-refractivity contribution >= 4 is 27.3 Å². The summed E-state index contributed by atoms with van der Waals surface area (Å²) in [6.07, 6.45) is 5.45. The molecular formula is C15H19BrN4O. The van der Waals surface area contributed by atoms with Gasteiger partial charge in [-0.3, -0.25) is 0 Å². The molecule has 4 rings (SSSR count). The number of rotatable bonds is 1. The quantitative estimate of drug-likeness (QED) is 0.793. The van der Waals surface area contributed by atoms with E-state index in [9.17, 15) is 0 Å². The van der Waals surface area contributed by atoms with Crippen LogP contribution in [0.4, 0.5) is 5.82 Å². The lowest BCUT2D eigenvalue weighted by molar-refractivity contribution is 0.133. The van der Waals surface area contributed by atoms with Crippen LogP contribution in [0.15, 0.2) is 16.9 Å². The summed E-state index contributed by atoms with van der Waals surface area (Å²) < 4.78 is 8.48. The molecule has 0 aromatic carbocycles. The van der Waals surface area contributed by atoms with Crippen LogP contribution in [0.1, 0.15) is 25.0 Å². The predicted octanol–water partition coefficient (Wildman–Crippen LogP) is 2.81. The molecule has 2 aliphatic rings. The first-order valence-corrected chi connectivity index (χ1v) is 8.30. The van der Waals surface area contributed by atoms with Crippen molar-refractivity contribution in [2.24, 2.45) is 5.41 Å². The van der Waals surface area contributed by atoms with Crippen molar-refractivity contribution < 1.29 is 4.74 Å². The molecule has 0 unspecified atom stereocenters. The molecule has 0 saturated carbocycles. The Morgan fingerprint density at radius 3 is 2.81 bits per heavy atom. The smallest absolute Gasteiger partial charge is 0.155 e. The van der Waals surface area contributed by atoms with E-state index in [1.165, 1.54) is 19.3 Å². The first kappa shape index (κ1) is 13.5. The molecule has 0 N–H and O–H groups in total. The summed E-state index contributed by atoms with van der Waals surface area (Å²) in [6, 6.07) is 2.04. The van der Waals surface area contributed by atoms with Gasteiger partial charge >= 0.3 is 0 Å². The van der Waals surface area contributed by atoms with Gasteiger partial charge in [-0.05, 0) is 53.6 Å². The number of aromatic nitrogens is 3. The molecule has 0 aliphatic carbocycles. The fraction of sp³-hybridized carbons (Fsp3) is 0.600. The third-order valence-electron chi connectivity index (χ3n) is 4.94. The molecule has 0 radical (unpaired) electrons. The van der Waals surface area contributed by atoms with E-state index < -0.39 is 0 Å². The van der Waals surface area contributed by atoms with Crippen LogP contribution in [0, 0.1) is 12.3 Å². The minimum absolute atomic E-state index is 0.428. The van der Waals surface area contributed by atoms with Crippen molar-refractivity contribution in [3.8, 4) is 0 Å². The Morgan fingerprint density at radius 2 is 2.10 bits per heavy atom. The number of piperidine rings is 1. The molecular weight excluding hydrogens is 332 g/mol. The van der Waals surface area contributed by atoms with Crippen LogP contribution in [0.3, 0.4) is 0 Å². The van der Waals surface area contributed by atoms with Crippen molar-refractivity contribution in [2.75, 3.05) is 31.2 Å². The van der Waals surface area contributed by atoms with Crippen molar-refractivity contribution in [2.45, 2.75) is 26.2 Å². The average molecular weight is 351 g/mol. The van der Waals surface area contributed by atoms with E-state index >= 15 is 0 Å². The van der Waals surface area contributed by atoms with Gasteiger partial charge in [0, 0.05) is 19.7 Å². The first-order valence-electron chi connectivity index (χ1n) is 7.51. The zero-order chi connectivity index (χ0) is 14.4. The Balaban J connectivity index is 1.65. The summed E-state index contributed by atoms with van der Waals surface area (Å²) in [5.41, 5.74) is 2.48. The maximum atomic E-state index is 5.62. The summed E-state index contributed by atoms with van der Waals surface area (Å²) in [6.45, 7) is 6.00. The molecule has 1 spiro atoms. The second kappa shape index (κ2) is 4.95. The van der Waals surface area contributed by atoms with Crippen LogP contribution < -0.4 is 4.90 Å². The van der Waals surface area contributed by atoms with E-state index in [2.05, 4.69) is 25.9 Å². The number of anilines is 1. The van der Waals surface area contributed by atoms with Crippen molar-refractivity contribution in [3.63, 3.8) is 0 Å². The van der Waals surface area contributed by atoms with Gasteiger partial charge in [-0.25, -0.2) is 9.50 Å². The topological polar surface area (TPSA) is 42.7 Å². The molecule has 6 heteroatoms. The van der Waals surface area contributed by atoms with Crippen LogP contribution in [0.5, 0.6) is 0 Å². The van der Waals surface area contributed by atoms with Gasteiger partial charge in [0.15, 0.2) is 5.82 Å². The third kappa shape index (κ3) is 2.16. The van der Waals surface area contributed by atoms with Crippen LogP contribution >= 0.6 is 15.9 Å². The van der Waals surface area contributed by atoms with Gasteiger partial charge in [0.1, 0.15) is 10.1 Å². The molecule has 112 valence electrons. The van der Waals surface area contributed by atoms with Crippen LogP contribution in [0.25, 0.3) is 5.52 Å². The second-order valence-corrected chi connectivity index (χ2v) is 6.98. The minimum atomic E-state index is 0.428. The van der Waals surface area contributed by atoms with Crippen LogP contribution in [-0.4, -0.2) is 40.9 Å². The van der Waals surface area contributed by atoms with Gasteiger partial charge < -0.3 is 9.64 Å². The van der Waals surface area contributed by atoms with Crippen molar-refractivity contribution in [1.82, 2.24) is 14.6 Å². The van der Waals surface area contributed by atoms with Crippen LogP contribution in [-0.2, 0) is 4.74 Å². The maximum Gasteiger partial charge on any atom is 0.155 e. The highest BCUT2D eigenvalue weighted by atomic mass is 79.9. The second-order valence-electron chi connectivity index (χ2n) is 6.23. The number of fused-ring (bicyclic) bond motifs is 1. The van der Waals surface area contributed by atoms with Gasteiger partial charge in [-0.1, -0.05) is 0 Å². The van der Waals surface area contributed by atoms with Crippen LogP contribution in [0.2, 0.25) is 0 Å². The fourth-order valence-electron chi connectivity index (χ4n) is 3.51. The number of hydrogen-bond donors (Lipinski definition) is 0. The lowest BCUT2D eigenvalue weighted by atomic mass is 9.78. The molecule has 0 atom stereocenters. The molecule has 2 fully saturated rings. The maximum absolute atomic E-state index is 5.62. The molecule has 2 aromatic heterocycles. The SMILES string of the molecule is Cc1nc(N2CCC3(CCOC3)CC2)c2ccnn2c1Br. The molecule has 0 bridgehead atoms. The fourth-order valence-corrected chi connectivity index (χ4v) is 3.89. The van der Waals surface area contributed by atoms with Crippen molar-refractivity contribution in [3.05, 3.63) is 22.6 Å². The summed E-state index contributed by atoms with van der Waals surface area (Å²) in [4.78, 5) is 7.20. The van der Waals surface area contributed by atoms with Gasteiger partial charge in [0.2, 0.25) is 0 Å². The van der Waals surface area contributed by atoms with Gasteiger partial charge in [-0.2, -0.15) is 5.10 Å². The Kier molecular flexibility index (Phi) is 3.19. The van der Waals surface area contributed by atoms with Crippen molar-refractivity contribution in [1.29, 1.82) is 0 Å². The number of hydrogen-bond acceptors (Lipinski definition) is 4. The van der Waals surface area contributed by atoms with E-state index in [-0.39, 0.29) is 0 Å². The Morgan fingerprint density at radius 1 is 1.29 bits per heavy atom. The lowest BCUT2D eigenvalue weighted by Crippen LogP contribution is -2.41. The van der Waals surface area contributed by atoms with E-state index in [1.54, 1.807) is 0 Å². The Labute approximate surface area is 132 Å². The summed E-state index contributed by atoms with van der Waals surface area (Å²) >= 11 is 3.57. The summed E-state index contributed by atoms with van der Waals surface area (Å²) in [7, 11) is 0. The molecule has 0 amide bonds. The number of halogens is 1. The zero-order valence-electron chi connectivity index (χ0n) is 12.2.